The number of ether oxygens (including phenoxy) is 2. The molecule has 0 radical (unpaired) electrons. The molecule has 0 aromatic heterocycles. The van der Waals surface area contributed by atoms with Crippen molar-refractivity contribution in [1.82, 2.24) is 5.32 Å². The molecule has 5 aliphatic carbocycles. The first-order chi connectivity index (χ1) is 17.7. The molecule has 0 aromatic carbocycles. The van der Waals surface area contributed by atoms with E-state index in [0.717, 1.165) is 32.1 Å². The van der Waals surface area contributed by atoms with Gasteiger partial charge in [-0.25, -0.2) is 4.79 Å². The number of aliphatic hydroxyl groups is 2. The van der Waals surface area contributed by atoms with E-state index < -0.39 is 12.2 Å². The van der Waals surface area contributed by atoms with Crippen molar-refractivity contribution in [3.8, 4) is 0 Å². The normalized spacial score (nSPS) is 55.0. The second-order valence-corrected chi connectivity index (χ2v) is 15.9. The minimum atomic E-state index is -0.519. The molecule has 1 heterocycles. The lowest BCUT2D eigenvalue weighted by molar-refractivity contribution is -0.184. The van der Waals surface area contributed by atoms with Crippen LogP contribution in [0.3, 0.4) is 0 Å². The Morgan fingerprint density at radius 3 is 2.32 bits per heavy atom. The van der Waals surface area contributed by atoms with Crippen molar-refractivity contribution >= 4 is 6.09 Å². The molecule has 0 aromatic rings. The van der Waals surface area contributed by atoms with E-state index in [1.165, 1.54) is 19.3 Å². The van der Waals surface area contributed by atoms with Crippen molar-refractivity contribution in [2.24, 2.45) is 56.7 Å². The summed E-state index contributed by atoms with van der Waals surface area (Å²) in [6.07, 6.45) is 7.03. The molecule has 38 heavy (non-hydrogen) atoms. The number of hydrogen-bond donors (Lipinski definition) is 3. The highest BCUT2D eigenvalue weighted by Gasteiger charge is 2.84. The molecule has 0 bridgehead atoms. The third-order valence-electron chi connectivity index (χ3n) is 14.3. The molecule has 6 fully saturated rings. The van der Waals surface area contributed by atoms with Gasteiger partial charge < -0.3 is 25.0 Å². The van der Waals surface area contributed by atoms with Crippen molar-refractivity contribution in [3.05, 3.63) is 0 Å². The van der Waals surface area contributed by atoms with Gasteiger partial charge in [0.25, 0.3) is 0 Å². The minimum Gasteiger partial charge on any atom is -0.443 e. The Morgan fingerprint density at radius 1 is 1.00 bits per heavy atom. The predicted octanol–water partition coefficient (Wildman–Crippen LogP) is 5.54. The molecule has 6 heteroatoms. The van der Waals surface area contributed by atoms with Gasteiger partial charge in [-0.1, -0.05) is 48.5 Å². The van der Waals surface area contributed by atoms with Crippen molar-refractivity contribution in [2.75, 3.05) is 7.05 Å². The van der Waals surface area contributed by atoms with Crippen molar-refractivity contribution in [3.63, 3.8) is 0 Å². The van der Waals surface area contributed by atoms with E-state index in [2.05, 4.69) is 53.8 Å². The van der Waals surface area contributed by atoms with Crippen LogP contribution >= 0.6 is 0 Å². The van der Waals surface area contributed by atoms with Crippen molar-refractivity contribution in [2.45, 2.75) is 130 Å². The Labute approximate surface area is 230 Å². The van der Waals surface area contributed by atoms with E-state index in [1.807, 2.05) is 0 Å². The molecule has 2 spiro atoms. The average molecular weight is 532 g/mol. The number of aliphatic hydroxyl groups excluding tert-OH is 2. The molecule has 6 aliphatic rings. The molecule has 6 rings (SSSR count). The maximum atomic E-state index is 12.4. The van der Waals surface area contributed by atoms with Crippen LogP contribution in [-0.2, 0) is 9.47 Å². The van der Waals surface area contributed by atoms with Crippen LogP contribution in [0.5, 0.6) is 0 Å². The summed E-state index contributed by atoms with van der Waals surface area (Å²) in [5.41, 5.74) is 0.440. The van der Waals surface area contributed by atoms with Crippen molar-refractivity contribution in [1.29, 1.82) is 0 Å². The molecule has 3 N–H and O–H groups in total. The molecular weight excluding hydrogens is 478 g/mol. The van der Waals surface area contributed by atoms with Crippen molar-refractivity contribution < 1.29 is 24.5 Å². The summed E-state index contributed by atoms with van der Waals surface area (Å²) < 4.78 is 12.7. The van der Waals surface area contributed by atoms with E-state index in [9.17, 15) is 15.0 Å². The van der Waals surface area contributed by atoms with Gasteiger partial charge in [0.15, 0.2) is 0 Å². The first-order valence-electron chi connectivity index (χ1n) is 15.6. The molecule has 0 unspecified atom stereocenters. The lowest BCUT2D eigenvalue weighted by atomic mass is 9.41. The molecule has 1 amide bonds. The van der Waals surface area contributed by atoms with E-state index in [0.29, 0.717) is 34.5 Å². The molecule has 1 saturated heterocycles. The van der Waals surface area contributed by atoms with Gasteiger partial charge >= 0.3 is 6.09 Å². The van der Waals surface area contributed by atoms with Crippen LogP contribution in [0.2, 0.25) is 0 Å². The summed E-state index contributed by atoms with van der Waals surface area (Å²) in [6.45, 7) is 16.0. The standard InChI is InChI=1S/C32H53NO5/c1-17(2)24(38-27(36)33-8)19-15-18(3)23-25(37-19)26(35)30(7)21-10-9-20-28(4,5)22(34)11-12-31(20)16-32(21,31)14-13-29(23,30)6/h17-26,34-35H,9-16H2,1-8H3,(H,33,36)/t18-,19-,20+,21+,22+,23+,24-,25+,26+,29-,30-,31-,32+/m1/s1. The summed E-state index contributed by atoms with van der Waals surface area (Å²) in [7, 11) is 1.59. The van der Waals surface area contributed by atoms with Crippen LogP contribution in [0.4, 0.5) is 4.79 Å². The minimum absolute atomic E-state index is 0.0205. The number of carbonyl (C=O) groups excluding carboxylic acids is 1. The summed E-state index contributed by atoms with van der Waals surface area (Å²) >= 11 is 0. The zero-order valence-electron chi connectivity index (χ0n) is 25.0. The van der Waals surface area contributed by atoms with Gasteiger partial charge in [0.05, 0.1) is 24.4 Å². The van der Waals surface area contributed by atoms with Gasteiger partial charge in [-0.05, 0) is 103 Å². The molecule has 216 valence electrons. The predicted molar refractivity (Wildman–Crippen MR) is 146 cm³/mol. The highest BCUT2D eigenvalue weighted by atomic mass is 16.6. The second-order valence-electron chi connectivity index (χ2n) is 15.9. The Morgan fingerprint density at radius 2 is 1.66 bits per heavy atom. The third-order valence-corrected chi connectivity index (χ3v) is 14.3. The average Bonchev–Trinajstić information content (AvgIpc) is 3.49. The maximum absolute atomic E-state index is 12.4. The highest BCUT2D eigenvalue weighted by Crippen LogP contribution is 2.89. The number of hydrogen-bond acceptors (Lipinski definition) is 5. The largest absolute Gasteiger partial charge is 0.443 e. The van der Waals surface area contributed by atoms with Crippen LogP contribution in [0.25, 0.3) is 0 Å². The molecule has 1 aliphatic heterocycles. The van der Waals surface area contributed by atoms with E-state index in [-0.39, 0.29) is 46.6 Å². The van der Waals surface area contributed by atoms with Crippen LogP contribution in [0.1, 0.15) is 99.8 Å². The lowest BCUT2D eigenvalue weighted by Gasteiger charge is -2.63. The number of amides is 1. The molecule has 6 nitrogen and oxygen atoms in total. The number of nitrogens with one attached hydrogen (secondary N) is 1. The van der Waals surface area contributed by atoms with Gasteiger partial charge in [-0.15, -0.1) is 0 Å². The Bertz CT molecular complexity index is 983. The number of fused-ring (bicyclic) bond motifs is 4. The highest BCUT2D eigenvalue weighted by molar-refractivity contribution is 5.66. The van der Waals surface area contributed by atoms with Crippen LogP contribution < -0.4 is 5.32 Å². The fourth-order valence-electron chi connectivity index (χ4n) is 12.4. The summed E-state index contributed by atoms with van der Waals surface area (Å²) in [4.78, 5) is 12.2. The lowest BCUT2D eigenvalue weighted by Crippen LogP contribution is -2.59. The monoisotopic (exact) mass is 531 g/mol. The number of alkyl carbamates (subject to hydrolysis) is 1. The Kier molecular flexibility index (Phi) is 6.00. The summed E-state index contributed by atoms with van der Waals surface area (Å²) in [5.74, 6) is 1.90. The Balaban J connectivity index is 1.33. The zero-order chi connectivity index (χ0) is 27.6. The van der Waals surface area contributed by atoms with Gasteiger partial charge in [-0.2, -0.15) is 0 Å². The van der Waals surface area contributed by atoms with Gasteiger partial charge in [0.2, 0.25) is 0 Å². The molecule has 13 atom stereocenters. The number of rotatable bonds is 3. The third kappa shape index (κ3) is 3.09. The topological polar surface area (TPSA) is 88.0 Å². The molecule has 5 saturated carbocycles. The fourth-order valence-corrected chi connectivity index (χ4v) is 12.4. The summed E-state index contributed by atoms with van der Waals surface area (Å²) in [5, 5.41) is 25.9. The zero-order valence-corrected chi connectivity index (χ0v) is 25.0. The van der Waals surface area contributed by atoms with Gasteiger partial charge in [0.1, 0.15) is 6.10 Å². The fraction of sp³-hybridized carbons (Fsp3) is 0.969. The van der Waals surface area contributed by atoms with Gasteiger partial charge in [-0.3, -0.25) is 0 Å². The molecular formula is C32H53NO5. The smallest absolute Gasteiger partial charge is 0.407 e. The second kappa shape index (κ2) is 8.35. The quantitative estimate of drug-likeness (QED) is 0.445. The first-order valence-corrected chi connectivity index (χ1v) is 15.6. The summed E-state index contributed by atoms with van der Waals surface area (Å²) in [6, 6.07) is 0. The van der Waals surface area contributed by atoms with Gasteiger partial charge in [0, 0.05) is 12.5 Å². The number of carbonyl (C=O) groups is 1. The maximum Gasteiger partial charge on any atom is 0.407 e. The van der Waals surface area contributed by atoms with Crippen LogP contribution in [-0.4, -0.2) is 53.9 Å². The van der Waals surface area contributed by atoms with E-state index >= 15 is 0 Å². The van der Waals surface area contributed by atoms with Crippen LogP contribution in [0, 0.1) is 56.7 Å². The van der Waals surface area contributed by atoms with E-state index in [4.69, 9.17) is 9.47 Å². The van der Waals surface area contributed by atoms with Crippen LogP contribution in [0.15, 0.2) is 0 Å². The first kappa shape index (κ1) is 27.3. The SMILES string of the molecule is CNC(=O)O[C@H](C(C)C)[C@H]1C[C@@H](C)[C@H]2[C@H](O1)[C@H](O)[C@@]1(C)[C@@H]3CC[C@H]4C(C)(C)[C@@H](O)CC[C@@]45C[C@@]35CC[C@]21C. The Hall–Kier alpha value is -0.850. The van der Waals surface area contributed by atoms with E-state index in [1.54, 1.807) is 7.05 Å².